The highest BCUT2D eigenvalue weighted by molar-refractivity contribution is 6.42. The van der Waals surface area contributed by atoms with Crippen LogP contribution >= 0.6 is 23.2 Å². The maximum Gasteiger partial charge on any atom is 0.268 e. The van der Waals surface area contributed by atoms with Gasteiger partial charge in [0.25, 0.3) is 5.91 Å². The number of carbonyl (C=O) groups excluding carboxylic acids is 1. The number of aryl methyl sites for hydroxylation is 1. The van der Waals surface area contributed by atoms with Crippen LogP contribution < -0.4 is 5.32 Å². The fraction of sp³-hybridized carbons (Fsp3) is 0.267. The van der Waals surface area contributed by atoms with Crippen LogP contribution in [0.15, 0.2) is 36.5 Å². The zero-order chi connectivity index (χ0) is 14.9. The second-order valence-electron chi connectivity index (χ2n) is 5.21. The second kappa shape index (κ2) is 5.51. The predicted octanol–water partition coefficient (Wildman–Crippen LogP) is 4.00. The van der Waals surface area contributed by atoms with Crippen molar-refractivity contribution in [1.82, 2.24) is 9.88 Å². The Labute approximate surface area is 128 Å². The summed E-state index contributed by atoms with van der Waals surface area (Å²) in [5.41, 5.74) is 0.961. The zero-order valence-electron chi connectivity index (χ0n) is 11.6. The third-order valence-electron chi connectivity index (χ3n) is 3.24. The molecule has 0 radical (unpaired) electrons. The first-order valence-electron chi connectivity index (χ1n) is 6.20. The highest BCUT2D eigenvalue weighted by atomic mass is 35.5. The van der Waals surface area contributed by atoms with Crippen molar-refractivity contribution in [3.8, 4) is 0 Å². The smallest absolute Gasteiger partial charge is 0.268 e. The van der Waals surface area contributed by atoms with Gasteiger partial charge in [0.05, 0.1) is 15.6 Å². The number of nitrogens with one attached hydrogen (secondary N) is 1. The molecule has 3 nitrogen and oxygen atoms in total. The highest BCUT2D eigenvalue weighted by Crippen LogP contribution is 2.28. The topological polar surface area (TPSA) is 34.0 Å². The van der Waals surface area contributed by atoms with E-state index in [0.29, 0.717) is 15.7 Å². The number of hydrogen-bond acceptors (Lipinski definition) is 1. The summed E-state index contributed by atoms with van der Waals surface area (Å²) >= 11 is 11.9. The first-order valence-corrected chi connectivity index (χ1v) is 6.96. The number of aromatic nitrogens is 1. The van der Waals surface area contributed by atoms with Crippen molar-refractivity contribution in [1.29, 1.82) is 0 Å². The van der Waals surface area contributed by atoms with E-state index in [-0.39, 0.29) is 5.91 Å². The van der Waals surface area contributed by atoms with Crippen molar-refractivity contribution in [2.75, 3.05) is 0 Å². The van der Waals surface area contributed by atoms with Crippen LogP contribution in [0.3, 0.4) is 0 Å². The maximum absolute atomic E-state index is 12.3. The molecule has 106 valence electrons. The van der Waals surface area contributed by atoms with Gasteiger partial charge in [-0.2, -0.15) is 0 Å². The van der Waals surface area contributed by atoms with Crippen molar-refractivity contribution < 1.29 is 4.79 Å². The maximum atomic E-state index is 12.3. The SMILES string of the molecule is Cn1cccc1C(=O)NC(C)(C)c1ccc(Cl)c(Cl)c1. The minimum absolute atomic E-state index is 0.131. The van der Waals surface area contributed by atoms with Gasteiger partial charge in [-0.3, -0.25) is 4.79 Å². The molecule has 1 heterocycles. The summed E-state index contributed by atoms with van der Waals surface area (Å²) in [6, 6.07) is 8.98. The minimum atomic E-state index is -0.546. The normalized spacial score (nSPS) is 11.4. The Bertz CT molecular complexity index is 647. The number of rotatable bonds is 3. The summed E-state index contributed by atoms with van der Waals surface area (Å²) in [7, 11) is 1.83. The molecule has 1 aromatic heterocycles. The van der Waals surface area contributed by atoms with E-state index in [9.17, 15) is 4.79 Å². The average molecular weight is 311 g/mol. The van der Waals surface area contributed by atoms with Gasteiger partial charge in [0.1, 0.15) is 5.69 Å². The molecule has 1 N–H and O–H groups in total. The molecule has 1 aromatic carbocycles. The van der Waals surface area contributed by atoms with Crippen molar-refractivity contribution in [2.24, 2.45) is 7.05 Å². The van der Waals surface area contributed by atoms with Gasteiger partial charge in [-0.1, -0.05) is 29.3 Å². The van der Waals surface area contributed by atoms with E-state index in [0.717, 1.165) is 5.56 Å². The second-order valence-corrected chi connectivity index (χ2v) is 6.03. The number of halogens is 2. The molecule has 0 fully saturated rings. The monoisotopic (exact) mass is 310 g/mol. The van der Waals surface area contributed by atoms with Gasteiger partial charge in [0.15, 0.2) is 0 Å². The lowest BCUT2D eigenvalue weighted by molar-refractivity contribution is 0.0903. The van der Waals surface area contributed by atoms with Gasteiger partial charge in [0, 0.05) is 13.2 Å². The Kier molecular flexibility index (Phi) is 4.11. The number of hydrogen-bond donors (Lipinski definition) is 1. The molecule has 20 heavy (non-hydrogen) atoms. The lowest BCUT2D eigenvalue weighted by Gasteiger charge is -2.27. The van der Waals surface area contributed by atoms with Gasteiger partial charge in [-0.25, -0.2) is 0 Å². The van der Waals surface area contributed by atoms with Crippen LogP contribution in [0.25, 0.3) is 0 Å². The molecule has 0 aliphatic carbocycles. The Morgan fingerprint density at radius 3 is 2.45 bits per heavy atom. The summed E-state index contributed by atoms with van der Waals surface area (Å²) in [5.74, 6) is -0.131. The van der Waals surface area contributed by atoms with E-state index >= 15 is 0 Å². The molecular weight excluding hydrogens is 295 g/mol. The molecule has 0 unspecified atom stereocenters. The van der Waals surface area contributed by atoms with Crippen LogP contribution in [0.5, 0.6) is 0 Å². The van der Waals surface area contributed by atoms with E-state index in [1.807, 2.05) is 39.2 Å². The van der Waals surface area contributed by atoms with Gasteiger partial charge >= 0.3 is 0 Å². The first kappa shape index (κ1) is 14.9. The van der Waals surface area contributed by atoms with E-state index in [2.05, 4.69) is 5.32 Å². The number of benzene rings is 1. The molecule has 0 bridgehead atoms. The predicted molar refractivity (Wildman–Crippen MR) is 82.4 cm³/mol. The van der Waals surface area contributed by atoms with E-state index in [4.69, 9.17) is 23.2 Å². The summed E-state index contributed by atoms with van der Waals surface area (Å²) in [5, 5.41) is 3.98. The standard InChI is InChI=1S/C15H16Cl2N2O/c1-15(2,10-6-7-11(16)12(17)9-10)18-14(20)13-5-4-8-19(13)3/h4-9H,1-3H3,(H,18,20). The van der Waals surface area contributed by atoms with Crippen LogP contribution in [0.1, 0.15) is 29.9 Å². The lowest BCUT2D eigenvalue weighted by Crippen LogP contribution is -2.41. The summed E-state index contributed by atoms with van der Waals surface area (Å²) in [6.45, 7) is 3.85. The zero-order valence-corrected chi connectivity index (χ0v) is 13.1. The molecule has 2 aromatic rings. The van der Waals surface area contributed by atoms with Gasteiger partial charge in [-0.15, -0.1) is 0 Å². The lowest BCUT2D eigenvalue weighted by atomic mass is 9.94. The average Bonchev–Trinajstić information content (AvgIpc) is 2.78. The quantitative estimate of drug-likeness (QED) is 0.913. The minimum Gasteiger partial charge on any atom is -0.347 e. The third-order valence-corrected chi connectivity index (χ3v) is 3.98. The van der Waals surface area contributed by atoms with E-state index < -0.39 is 5.54 Å². The number of carbonyl (C=O) groups is 1. The molecule has 0 spiro atoms. The van der Waals surface area contributed by atoms with Gasteiger partial charge in [0.2, 0.25) is 0 Å². The largest absolute Gasteiger partial charge is 0.347 e. The van der Waals surface area contributed by atoms with Gasteiger partial charge < -0.3 is 9.88 Å². The fourth-order valence-corrected chi connectivity index (χ4v) is 2.30. The van der Waals surface area contributed by atoms with Gasteiger partial charge in [-0.05, 0) is 43.7 Å². The van der Waals surface area contributed by atoms with Crippen LogP contribution in [-0.2, 0) is 12.6 Å². The van der Waals surface area contributed by atoms with Crippen molar-refractivity contribution in [2.45, 2.75) is 19.4 Å². The molecule has 0 saturated heterocycles. The van der Waals surface area contributed by atoms with Crippen LogP contribution in [0.4, 0.5) is 0 Å². The first-order chi connectivity index (χ1) is 9.31. The molecule has 5 heteroatoms. The molecule has 0 saturated carbocycles. The number of amides is 1. The Hall–Kier alpha value is -1.45. The van der Waals surface area contributed by atoms with Crippen molar-refractivity contribution in [3.63, 3.8) is 0 Å². The third kappa shape index (κ3) is 3.00. The molecule has 0 aliphatic heterocycles. The van der Waals surface area contributed by atoms with E-state index in [1.165, 1.54) is 0 Å². The summed E-state index contributed by atoms with van der Waals surface area (Å²) in [4.78, 5) is 12.3. The molecule has 0 atom stereocenters. The van der Waals surface area contributed by atoms with Crippen molar-refractivity contribution in [3.05, 3.63) is 57.8 Å². The molecular formula is C15H16Cl2N2O. The molecule has 1 amide bonds. The van der Waals surface area contributed by atoms with Crippen LogP contribution in [0, 0.1) is 0 Å². The Balaban J connectivity index is 2.24. The summed E-state index contributed by atoms with van der Waals surface area (Å²) < 4.78 is 1.78. The molecule has 0 aliphatic rings. The highest BCUT2D eigenvalue weighted by Gasteiger charge is 2.25. The number of nitrogens with zero attached hydrogens (tertiary/aromatic N) is 1. The molecule has 2 rings (SSSR count). The Morgan fingerprint density at radius 2 is 1.90 bits per heavy atom. The van der Waals surface area contributed by atoms with Crippen LogP contribution in [-0.4, -0.2) is 10.5 Å². The Morgan fingerprint density at radius 1 is 1.20 bits per heavy atom. The van der Waals surface area contributed by atoms with Crippen molar-refractivity contribution >= 4 is 29.1 Å². The summed E-state index contributed by atoms with van der Waals surface area (Å²) in [6.07, 6.45) is 1.83. The van der Waals surface area contributed by atoms with E-state index in [1.54, 1.807) is 22.8 Å². The fourth-order valence-electron chi connectivity index (χ4n) is 2.00. The van der Waals surface area contributed by atoms with Crippen LogP contribution in [0.2, 0.25) is 10.0 Å².